The zero-order valence-electron chi connectivity index (χ0n) is 21.3. The predicted octanol–water partition coefficient (Wildman–Crippen LogP) is 1.65. The molecule has 2 aromatic carbocycles. The first-order valence-corrected chi connectivity index (χ1v) is 12.6. The van der Waals surface area contributed by atoms with Crippen LogP contribution in [-0.4, -0.2) is 71.9 Å². The minimum Gasteiger partial charge on any atom is -0.494 e. The molecule has 0 spiro atoms. The molecule has 0 bridgehead atoms. The number of ether oxygens (including phenoxy) is 2. The van der Waals surface area contributed by atoms with E-state index in [2.05, 4.69) is 22.8 Å². The minimum absolute atomic E-state index is 0.0707. The Morgan fingerprint density at radius 2 is 1.76 bits per heavy atom. The van der Waals surface area contributed by atoms with E-state index >= 15 is 0 Å². The third-order valence-corrected chi connectivity index (χ3v) is 6.16. The van der Waals surface area contributed by atoms with Crippen LogP contribution >= 0.6 is 0 Å². The number of ketones is 1. The number of benzene rings is 2. The maximum Gasteiger partial charge on any atom is 0.252 e. The van der Waals surface area contributed by atoms with E-state index in [4.69, 9.17) is 9.47 Å². The van der Waals surface area contributed by atoms with Gasteiger partial charge in [-0.15, -0.1) is 0 Å². The third kappa shape index (κ3) is 8.11. The van der Waals surface area contributed by atoms with Gasteiger partial charge in [0.15, 0.2) is 11.4 Å². The van der Waals surface area contributed by atoms with E-state index in [-0.39, 0.29) is 18.1 Å². The second kappa shape index (κ2) is 13.3. The van der Waals surface area contributed by atoms with Gasteiger partial charge in [0.1, 0.15) is 11.8 Å². The summed E-state index contributed by atoms with van der Waals surface area (Å²) in [7, 11) is 0. The van der Waals surface area contributed by atoms with Crippen molar-refractivity contribution in [3.8, 4) is 5.75 Å². The van der Waals surface area contributed by atoms with Crippen LogP contribution in [0.5, 0.6) is 5.75 Å². The van der Waals surface area contributed by atoms with Crippen LogP contribution in [0.25, 0.3) is 0 Å². The fourth-order valence-corrected chi connectivity index (χ4v) is 3.97. The van der Waals surface area contributed by atoms with Gasteiger partial charge in [-0.2, -0.15) is 0 Å². The normalized spacial score (nSPS) is 18.1. The van der Waals surface area contributed by atoms with Crippen molar-refractivity contribution >= 4 is 17.6 Å². The smallest absolute Gasteiger partial charge is 0.252 e. The lowest BCUT2D eigenvalue weighted by atomic mass is 9.92. The molecule has 1 aliphatic rings. The lowest BCUT2D eigenvalue weighted by molar-refractivity contribution is -0.133. The van der Waals surface area contributed by atoms with Crippen molar-refractivity contribution in [2.45, 2.75) is 50.8 Å². The Morgan fingerprint density at radius 3 is 2.38 bits per heavy atom. The molecule has 1 heterocycles. The van der Waals surface area contributed by atoms with E-state index in [1.807, 2.05) is 32.0 Å². The molecule has 2 unspecified atom stereocenters. The van der Waals surface area contributed by atoms with E-state index in [0.29, 0.717) is 18.8 Å². The molecule has 3 rings (SSSR count). The minimum atomic E-state index is -1.29. The van der Waals surface area contributed by atoms with Gasteiger partial charge < -0.3 is 30.3 Å². The van der Waals surface area contributed by atoms with Gasteiger partial charge in [0.05, 0.1) is 32.5 Å². The SMILES string of the molecule is CC(C)CC(NC(=O)[C@H](CO)NC(=O)c1cccc(OCCCc2ccccc2)c1)C(=O)C1(CO)CO1. The van der Waals surface area contributed by atoms with Crippen LogP contribution in [0, 0.1) is 5.92 Å². The Bertz CT molecular complexity index is 1050. The molecule has 0 aliphatic carbocycles. The van der Waals surface area contributed by atoms with Gasteiger partial charge in [-0.3, -0.25) is 14.4 Å². The number of carbonyl (C=O) groups excluding carboxylic acids is 3. The van der Waals surface area contributed by atoms with Crippen LogP contribution in [0.15, 0.2) is 54.6 Å². The van der Waals surface area contributed by atoms with Crippen molar-refractivity contribution in [1.29, 1.82) is 0 Å². The Hall–Kier alpha value is -3.27. The molecule has 1 aliphatic heterocycles. The number of nitrogens with one attached hydrogen (secondary N) is 2. The first kappa shape index (κ1) is 28.3. The van der Waals surface area contributed by atoms with Crippen LogP contribution in [0.4, 0.5) is 0 Å². The summed E-state index contributed by atoms with van der Waals surface area (Å²) < 4.78 is 10.9. The molecule has 2 aromatic rings. The predicted molar refractivity (Wildman–Crippen MR) is 137 cm³/mol. The van der Waals surface area contributed by atoms with Gasteiger partial charge in [-0.25, -0.2) is 0 Å². The van der Waals surface area contributed by atoms with Crippen molar-refractivity contribution in [2.75, 3.05) is 26.4 Å². The maximum absolute atomic E-state index is 12.9. The Kier molecular flexibility index (Phi) is 10.2. The highest BCUT2D eigenvalue weighted by atomic mass is 16.6. The number of hydrogen-bond acceptors (Lipinski definition) is 7. The Morgan fingerprint density at radius 1 is 1.03 bits per heavy atom. The molecule has 0 aromatic heterocycles. The average molecular weight is 513 g/mol. The van der Waals surface area contributed by atoms with Crippen molar-refractivity contribution in [2.24, 2.45) is 5.92 Å². The fraction of sp³-hybridized carbons (Fsp3) is 0.464. The zero-order valence-corrected chi connectivity index (χ0v) is 21.3. The number of Topliss-reactive ketones (excluding diaryl/α,β-unsaturated/α-hetero) is 1. The molecule has 3 atom stereocenters. The summed E-state index contributed by atoms with van der Waals surface area (Å²) in [6.07, 6.45) is 2.01. The van der Waals surface area contributed by atoms with Crippen molar-refractivity contribution in [1.82, 2.24) is 10.6 Å². The van der Waals surface area contributed by atoms with Crippen molar-refractivity contribution in [3.63, 3.8) is 0 Å². The Labute approximate surface area is 217 Å². The Balaban J connectivity index is 1.55. The third-order valence-electron chi connectivity index (χ3n) is 6.16. The summed E-state index contributed by atoms with van der Waals surface area (Å²) in [4.78, 5) is 38.5. The second-order valence-electron chi connectivity index (χ2n) is 9.67. The highest BCUT2D eigenvalue weighted by molar-refractivity contribution is 6.00. The molecular formula is C28H36N2O7. The molecule has 9 heteroatoms. The van der Waals surface area contributed by atoms with Crippen molar-refractivity contribution < 1.29 is 34.1 Å². The topological polar surface area (TPSA) is 137 Å². The summed E-state index contributed by atoms with van der Waals surface area (Å²) in [5, 5.41) is 24.4. The molecule has 0 saturated carbocycles. The van der Waals surface area contributed by atoms with E-state index < -0.39 is 48.5 Å². The quantitative estimate of drug-likeness (QED) is 0.210. The number of amides is 2. The molecule has 4 N–H and O–H groups in total. The molecule has 0 radical (unpaired) electrons. The van der Waals surface area contributed by atoms with Crippen molar-refractivity contribution in [3.05, 3.63) is 65.7 Å². The lowest BCUT2D eigenvalue weighted by Crippen LogP contribution is -2.55. The molecular weight excluding hydrogens is 476 g/mol. The lowest BCUT2D eigenvalue weighted by Gasteiger charge is -2.24. The van der Waals surface area contributed by atoms with Gasteiger partial charge in [0.2, 0.25) is 5.91 Å². The largest absolute Gasteiger partial charge is 0.494 e. The van der Waals surface area contributed by atoms with Gasteiger partial charge >= 0.3 is 0 Å². The highest BCUT2D eigenvalue weighted by Crippen LogP contribution is 2.30. The molecule has 9 nitrogen and oxygen atoms in total. The number of hydrogen-bond donors (Lipinski definition) is 4. The number of carbonyl (C=O) groups is 3. The molecule has 2 amide bonds. The highest BCUT2D eigenvalue weighted by Gasteiger charge is 2.54. The van der Waals surface area contributed by atoms with Gasteiger partial charge in [-0.05, 0) is 48.9 Å². The van der Waals surface area contributed by atoms with E-state index in [9.17, 15) is 24.6 Å². The van der Waals surface area contributed by atoms with Crippen LogP contribution < -0.4 is 15.4 Å². The van der Waals surface area contributed by atoms with Gasteiger partial charge in [0.25, 0.3) is 5.91 Å². The summed E-state index contributed by atoms with van der Waals surface area (Å²) in [6, 6.07) is 14.5. The standard InChI is InChI=1S/C28H36N2O7/c1-19(2)14-23(25(33)28(17-32)18-37-28)29-27(35)24(16-31)30-26(34)21-11-6-12-22(15-21)36-13-7-10-20-8-4-3-5-9-20/h3-6,8-9,11-12,15,19,23-24,31-32H,7,10,13-14,16-18H2,1-2H3,(H,29,35)(H,30,34)/t23?,24-,28?/m0/s1. The van der Waals surface area contributed by atoms with E-state index in [1.165, 1.54) is 5.56 Å². The van der Waals surface area contributed by atoms with Crippen LogP contribution in [-0.2, 0) is 20.7 Å². The van der Waals surface area contributed by atoms with Crippen LogP contribution in [0.2, 0.25) is 0 Å². The summed E-state index contributed by atoms with van der Waals surface area (Å²) in [5.41, 5.74) is 0.208. The number of aryl methyl sites for hydroxylation is 1. The van der Waals surface area contributed by atoms with E-state index in [0.717, 1.165) is 12.8 Å². The second-order valence-corrected chi connectivity index (χ2v) is 9.67. The average Bonchev–Trinajstić information content (AvgIpc) is 3.70. The first-order chi connectivity index (χ1) is 17.8. The van der Waals surface area contributed by atoms with Crippen LogP contribution in [0.3, 0.4) is 0 Å². The number of aliphatic hydroxyl groups excluding tert-OH is 2. The molecule has 1 fully saturated rings. The van der Waals surface area contributed by atoms with E-state index in [1.54, 1.807) is 24.3 Å². The molecule has 37 heavy (non-hydrogen) atoms. The first-order valence-electron chi connectivity index (χ1n) is 12.6. The zero-order chi connectivity index (χ0) is 26.8. The number of aliphatic hydroxyl groups is 2. The monoisotopic (exact) mass is 512 g/mol. The number of rotatable bonds is 15. The number of epoxide rings is 1. The summed E-state index contributed by atoms with van der Waals surface area (Å²) >= 11 is 0. The maximum atomic E-state index is 12.9. The fourth-order valence-electron chi connectivity index (χ4n) is 3.97. The summed E-state index contributed by atoms with van der Waals surface area (Å²) in [6.45, 7) is 3.24. The van der Waals surface area contributed by atoms with Gasteiger partial charge in [-0.1, -0.05) is 50.2 Å². The summed E-state index contributed by atoms with van der Waals surface area (Å²) in [5.74, 6) is -1.09. The molecule has 200 valence electrons. The van der Waals surface area contributed by atoms with Crippen LogP contribution in [0.1, 0.15) is 42.6 Å². The molecule has 1 saturated heterocycles. The van der Waals surface area contributed by atoms with Gasteiger partial charge in [0, 0.05) is 5.56 Å².